The summed E-state index contributed by atoms with van der Waals surface area (Å²) >= 11 is 0. The molecule has 0 unspecified atom stereocenters. The van der Waals surface area contributed by atoms with Crippen molar-refractivity contribution >= 4 is 18.3 Å². The van der Waals surface area contributed by atoms with Crippen molar-refractivity contribution in [1.82, 2.24) is 10.2 Å². The highest BCUT2D eigenvalue weighted by Crippen LogP contribution is 2.26. The van der Waals surface area contributed by atoms with Gasteiger partial charge in [0.2, 0.25) is 0 Å². The Balaban J connectivity index is 0.00000161. The van der Waals surface area contributed by atoms with Crippen LogP contribution in [0.1, 0.15) is 0 Å². The molecule has 1 aromatic rings. The van der Waals surface area contributed by atoms with E-state index in [9.17, 15) is 4.79 Å². The predicted octanol–water partition coefficient (Wildman–Crippen LogP) is 1.17. The highest BCUT2D eigenvalue weighted by Gasteiger charge is 2.37. The van der Waals surface area contributed by atoms with Crippen molar-refractivity contribution in [3.05, 3.63) is 24.3 Å². The molecule has 2 atom stereocenters. The number of hydrogen-bond acceptors (Lipinski definition) is 4. The normalized spacial score (nSPS) is 23.4. The van der Waals surface area contributed by atoms with Gasteiger partial charge in [-0.1, -0.05) is 6.07 Å². The number of carbonyl (C=O) groups excluding carboxylic acids is 1. The molecule has 2 fully saturated rings. The summed E-state index contributed by atoms with van der Waals surface area (Å²) < 4.78 is 10.7. The molecule has 5 nitrogen and oxygen atoms in total. The summed E-state index contributed by atoms with van der Waals surface area (Å²) in [7, 11) is 1.61. The van der Waals surface area contributed by atoms with Crippen LogP contribution in [0.5, 0.6) is 11.5 Å². The van der Waals surface area contributed by atoms with Crippen molar-refractivity contribution in [2.24, 2.45) is 11.8 Å². The zero-order valence-electron chi connectivity index (χ0n) is 12.1. The molecule has 0 saturated carbocycles. The van der Waals surface area contributed by atoms with Crippen LogP contribution in [0.4, 0.5) is 0 Å². The first-order valence-electron chi connectivity index (χ1n) is 7.01. The number of halogens is 1. The van der Waals surface area contributed by atoms with Crippen molar-refractivity contribution < 1.29 is 14.3 Å². The summed E-state index contributed by atoms with van der Waals surface area (Å²) in [4.78, 5) is 14.1. The van der Waals surface area contributed by atoms with Crippen molar-refractivity contribution in [3.63, 3.8) is 0 Å². The summed E-state index contributed by atoms with van der Waals surface area (Å²) in [5.41, 5.74) is 0. The van der Waals surface area contributed by atoms with Gasteiger partial charge in [0.1, 0.15) is 11.5 Å². The summed E-state index contributed by atoms with van der Waals surface area (Å²) in [5, 5.41) is 3.37. The molecule has 0 aliphatic carbocycles. The topological polar surface area (TPSA) is 50.8 Å². The lowest BCUT2D eigenvalue weighted by molar-refractivity contribution is -0.132. The Morgan fingerprint density at radius 2 is 1.95 bits per heavy atom. The van der Waals surface area contributed by atoms with Gasteiger partial charge < -0.3 is 19.7 Å². The van der Waals surface area contributed by atoms with E-state index in [4.69, 9.17) is 9.47 Å². The number of methoxy groups -OCH3 is 1. The predicted molar refractivity (Wildman–Crippen MR) is 82.2 cm³/mol. The third kappa shape index (κ3) is 3.60. The summed E-state index contributed by atoms with van der Waals surface area (Å²) in [5.74, 6) is 2.71. The van der Waals surface area contributed by atoms with E-state index >= 15 is 0 Å². The fraction of sp³-hybridized carbons (Fsp3) is 0.533. The first kappa shape index (κ1) is 15.9. The van der Waals surface area contributed by atoms with E-state index in [-0.39, 0.29) is 24.9 Å². The van der Waals surface area contributed by atoms with Gasteiger partial charge in [0.25, 0.3) is 5.91 Å². The van der Waals surface area contributed by atoms with Crippen LogP contribution in [0.3, 0.4) is 0 Å². The Bertz CT molecular complexity index is 486. The van der Waals surface area contributed by atoms with Crippen LogP contribution >= 0.6 is 12.4 Å². The van der Waals surface area contributed by atoms with Crippen molar-refractivity contribution in [1.29, 1.82) is 0 Å². The van der Waals surface area contributed by atoms with Gasteiger partial charge in [-0.2, -0.15) is 0 Å². The molecule has 116 valence electrons. The average molecular weight is 313 g/mol. The number of amides is 1. The van der Waals surface area contributed by atoms with E-state index in [0.717, 1.165) is 31.9 Å². The molecule has 2 aliphatic rings. The van der Waals surface area contributed by atoms with Crippen LogP contribution in [0.2, 0.25) is 0 Å². The maximum Gasteiger partial charge on any atom is 0.260 e. The maximum atomic E-state index is 12.2. The summed E-state index contributed by atoms with van der Waals surface area (Å²) in [6.45, 7) is 3.88. The van der Waals surface area contributed by atoms with Gasteiger partial charge in [-0.3, -0.25) is 4.79 Å². The lowest BCUT2D eigenvalue weighted by atomic mass is 10.0. The Hall–Kier alpha value is -1.46. The number of nitrogens with zero attached hydrogens (tertiary/aromatic N) is 1. The van der Waals surface area contributed by atoms with Crippen LogP contribution in [0.15, 0.2) is 24.3 Å². The minimum absolute atomic E-state index is 0. The summed E-state index contributed by atoms with van der Waals surface area (Å²) in [6.07, 6.45) is 0. The van der Waals surface area contributed by atoms with E-state index < -0.39 is 0 Å². The van der Waals surface area contributed by atoms with E-state index in [0.29, 0.717) is 17.6 Å². The number of fused-ring (bicyclic) bond motifs is 1. The number of likely N-dealkylation sites (tertiary alicyclic amines) is 1. The number of nitrogens with one attached hydrogen (secondary N) is 1. The zero-order valence-corrected chi connectivity index (χ0v) is 12.9. The van der Waals surface area contributed by atoms with Crippen LogP contribution < -0.4 is 14.8 Å². The lowest BCUT2D eigenvalue weighted by Gasteiger charge is -2.17. The smallest absolute Gasteiger partial charge is 0.260 e. The van der Waals surface area contributed by atoms with Crippen molar-refractivity contribution in [3.8, 4) is 11.5 Å². The minimum atomic E-state index is 0. The quantitative estimate of drug-likeness (QED) is 0.907. The van der Waals surface area contributed by atoms with Gasteiger partial charge in [0.05, 0.1) is 7.11 Å². The minimum Gasteiger partial charge on any atom is -0.497 e. The van der Waals surface area contributed by atoms with Crippen LogP contribution in [-0.2, 0) is 4.79 Å². The molecule has 1 aromatic carbocycles. The maximum absolute atomic E-state index is 12.2. The molecular weight excluding hydrogens is 292 g/mol. The lowest BCUT2D eigenvalue weighted by Crippen LogP contribution is -2.35. The molecule has 6 heteroatoms. The Morgan fingerprint density at radius 1 is 1.29 bits per heavy atom. The van der Waals surface area contributed by atoms with Gasteiger partial charge in [0.15, 0.2) is 6.61 Å². The second-order valence-corrected chi connectivity index (χ2v) is 5.44. The SMILES string of the molecule is COc1cccc(OCC(=O)N2C[C@H]3CNC[C@H]3C2)c1.Cl. The monoisotopic (exact) mass is 312 g/mol. The van der Waals surface area contributed by atoms with Gasteiger partial charge in [0, 0.05) is 32.2 Å². The van der Waals surface area contributed by atoms with E-state index in [1.54, 1.807) is 13.2 Å². The van der Waals surface area contributed by atoms with Crippen molar-refractivity contribution in [2.75, 3.05) is 39.9 Å². The van der Waals surface area contributed by atoms with E-state index in [1.165, 1.54) is 0 Å². The zero-order chi connectivity index (χ0) is 13.9. The number of carbonyl (C=O) groups is 1. The molecule has 0 radical (unpaired) electrons. The molecule has 0 aromatic heterocycles. The molecule has 2 heterocycles. The highest BCUT2D eigenvalue weighted by molar-refractivity contribution is 5.85. The number of rotatable bonds is 4. The first-order valence-corrected chi connectivity index (χ1v) is 7.01. The third-order valence-electron chi connectivity index (χ3n) is 4.15. The van der Waals surface area contributed by atoms with E-state index in [2.05, 4.69) is 5.32 Å². The molecule has 1 N–H and O–H groups in total. The van der Waals surface area contributed by atoms with Crippen LogP contribution in [0.25, 0.3) is 0 Å². The van der Waals surface area contributed by atoms with Crippen molar-refractivity contribution in [2.45, 2.75) is 0 Å². The van der Waals surface area contributed by atoms with E-state index in [1.807, 2.05) is 23.1 Å². The second-order valence-electron chi connectivity index (χ2n) is 5.44. The molecule has 2 saturated heterocycles. The average Bonchev–Trinajstić information content (AvgIpc) is 3.06. The van der Waals surface area contributed by atoms with Gasteiger partial charge in [-0.15, -0.1) is 12.4 Å². The summed E-state index contributed by atoms with van der Waals surface area (Å²) in [6, 6.07) is 7.32. The third-order valence-corrected chi connectivity index (χ3v) is 4.15. The van der Waals surface area contributed by atoms with Gasteiger partial charge in [-0.25, -0.2) is 0 Å². The van der Waals surface area contributed by atoms with Crippen LogP contribution in [0, 0.1) is 11.8 Å². The fourth-order valence-electron chi connectivity index (χ4n) is 2.99. The molecule has 0 spiro atoms. The fourth-order valence-corrected chi connectivity index (χ4v) is 2.99. The molecule has 0 bridgehead atoms. The number of ether oxygens (including phenoxy) is 2. The Morgan fingerprint density at radius 3 is 2.62 bits per heavy atom. The Kier molecular flexibility index (Phi) is 5.31. The largest absolute Gasteiger partial charge is 0.497 e. The van der Waals surface area contributed by atoms with Crippen LogP contribution in [-0.4, -0.2) is 50.7 Å². The molecule has 2 aliphatic heterocycles. The number of hydrogen-bond donors (Lipinski definition) is 1. The second kappa shape index (κ2) is 7.00. The molecular formula is C15H21ClN2O3. The Labute approximate surface area is 131 Å². The standard InChI is InChI=1S/C15H20N2O3.ClH/c1-19-13-3-2-4-14(5-13)20-10-15(18)17-8-11-6-16-7-12(11)9-17;/h2-5,11-12,16H,6-10H2,1H3;1H/t11-,12+;. The molecule has 1 amide bonds. The van der Waals surface area contributed by atoms with Gasteiger partial charge >= 0.3 is 0 Å². The first-order chi connectivity index (χ1) is 9.76. The number of benzene rings is 1. The van der Waals surface area contributed by atoms with Gasteiger partial charge in [-0.05, 0) is 24.0 Å². The molecule has 21 heavy (non-hydrogen) atoms. The molecule has 3 rings (SSSR count). The highest BCUT2D eigenvalue weighted by atomic mass is 35.5.